The van der Waals surface area contributed by atoms with E-state index in [0.717, 1.165) is 68.7 Å². The Morgan fingerprint density at radius 1 is 1.06 bits per heavy atom. The molecule has 0 aliphatic carbocycles. The zero-order valence-electron chi connectivity index (χ0n) is 18.5. The van der Waals surface area contributed by atoms with Crippen molar-refractivity contribution in [3.63, 3.8) is 0 Å². The summed E-state index contributed by atoms with van der Waals surface area (Å²) in [6.45, 7) is 11.6. The van der Waals surface area contributed by atoms with Crippen LogP contribution >= 0.6 is 0 Å². The van der Waals surface area contributed by atoms with Crippen molar-refractivity contribution in [2.45, 2.75) is 38.6 Å². The predicted molar refractivity (Wildman–Crippen MR) is 121 cm³/mol. The second kappa shape index (κ2) is 7.96. The monoisotopic (exact) mass is 422 g/mol. The van der Waals surface area contributed by atoms with E-state index < -0.39 is 0 Å². The minimum absolute atomic E-state index is 0.00122. The van der Waals surface area contributed by atoms with E-state index in [1.165, 1.54) is 0 Å². The third-order valence-electron chi connectivity index (χ3n) is 5.93. The highest BCUT2D eigenvalue weighted by Gasteiger charge is 2.27. The molecule has 5 rings (SSSR count). The Bertz CT molecular complexity index is 1050. The van der Waals surface area contributed by atoms with Crippen molar-refractivity contribution < 1.29 is 4.74 Å². The molecule has 9 nitrogen and oxygen atoms in total. The summed E-state index contributed by atoms with van der Waals surface area (Å²) in [5, 5.41) is 8.28. The lowest BCUT2D eigenvalue weighted by atomic mass is 9.92. The van der Waals surface area contributed by atoms with E-state index in [4.69, 9.17) is 14.8 Å². The minimum atomic E-state index is 0.00122. The molecule has 0 spiro atoms. The second-order valence-electron chi connectivity index (χ2n) is 9.27. The topological polar surface area (TPSA) is 83.7 Å². The van der Waals surface area contributed by atoms with Gasteiger partial charge in [0.25, 0.3) is 0 Å². The van der Waals surface area contributed by atoms with Crippen LogP contribution in [-0.4, -0.2) is 70.0 Å². The molecular weight excluding hydrogens is 392 g/mol. The average Bonchev–Trinajstić information content (AvgIpc) is 3.41. The predicted octanol–water partition coefficient (Wildman–Crippen LogP) is 2.34. The fourth-order valence-electron chi connectivity index (χ4n) is 4.16. The molecule has 9 heteroatoms. The molecule has 2 saturated heterocycles. The number of rotatable bonds is 4. The highest BCUT2D eigenvalue weighted by atomic mass is 16.5. The Morgan fingerprint density at radius 2 is 1.90 bits per heavy atom. The molecule has 0 radical (unpaired) electrons. The molecular formula is C22H30N8O. The van der Waals surface area contributed by atoms with Gasteiger partial charge in [0.05, 0.1) is 18.9 Å². The molecule has 1 atom stereocenters. The summed E-state index contributed by atoms with van der Waals surface area (Å²) in [6, 6.07) is 4.40. The smallest absolute Gasteiger partial charge is 0.224 e. The van der Waals surface area contributed by atoms with Gasteiger partial charge in [0, 0.05) is 56.2 Å². The molecule has 3 aromatic heterocycles. The van der Waals surface area contributed by atoms with Gasteiger partial charge in [-0.3, -0.25) is 0 Å². The number of nitrogens with one attached hydrogen (secondary N) is 1. The van der Waals surface area contributed by atoms with E-state index in [1.54, 1.807) is 0 Å². The summed E-state index contributed by atoms with van der Waals surface area (Å²) in [7, 11) is 0. The molecule has 5 heterocycles. The summed E-state index contributed by atoms with van der Waals surface area (Å²) in [5.41, 5.74) is 2.13. The summed E-state index contributed by atoms with van der Waals surface area (Å²) in [4.78, 5) is 18.4. The van der Waals surface area contributed by atoms with Crippen LogP contribution in [0.5, 0.6) is 0 Å². The van der Waals surface area contributed by atoms with Gasteiger partial charge in [-0.2, -0.15) is 10.1 Å². The first-order valence-corrected chi connectivity index (χ1v) is 11.0. The highest BCUT2D eigenvalue weighted by molar-refractivity contribution is 5.70. The van der Waals surface area contributed by atoms with Crippen LogP contribution < -0.4 is 15.1 Å². The molecule has 164 valence electrons. The van der Waals surface area contributed by atoms with Gasteiger partial charge in [-0.1, -0.05) is 20.8 Å². The summed E-state index contributed by atoms with van der Waals surface area (Å²) in [5.74, 6) is 2.62. The lowest BCUT2D eigenvalue weighted by Gasteiger charge is -2.28. The van der Waals surface area contributed by atoms with Crippen molar-refractivity contribution in [1.82, 2.24) is 24.6 Å². The maximum absolute atomic E-state index is 5.45. The quantitative estimate of drug-likeness (QED) is 0.686. The minimum Gasteiger partial charge on any atom is -0.378 e. The van der Waals surface area contributed by atoms with Crippen molar-refractivity contribution >= 4 is 23.1 Å². The largest absolute Gasteiger partial charge is 0.378 e. The van der Waals surface area contributed by atoms with Gasteiger partial charge < -0.3 is 19.9 Å². The van der Waals surface area contributed by atoms with Crippen LogP contribution in [0.4, 0.5) is 17.6 Å². The molecule has 0 aromatic carbocycles. The Morgan fingerprint density at radius 3 is 2.71 bits per heavy atom. The first kappa shape index (κ1) is 20.0. The molecule has 31 heavy (non-hydrogen) atoms. The summed E-state index contributed by atoms with van der Waals surface area (Å²) < 4.78 is 7.39. The third-order valence-corrected chi connectivity index (χ3v) is 5.93. The lowest BCUT2D eigenvalue weighted by molar-refractivity contribution is 0.122. The van der Waals surface area contributed by atoms with E-state index in [-0.39, 0.29) is 11.5 Å². The molecule has 0 amide bonds. The number of aromatic nitrogens is 5. The number of fused-ring (bicyclic) bond motifs is 1. The average molecular weight is 423 g/mol. The third kappa shape index (κ3) is 4.14. The van der Waals surface area contributed by atoms with Crippen molar-refractivity contribution in [1.29, 1.82) is 0 Å². The number of hydrogen-bond acceptors (Lipinski definition) is 8. The number of morpholine rings is 1. The van der Waals surface area contributed by atoms with E-state index in [1.807, 2.05) is 29.2 Å². The van der Waals surface area contributed by atoms with Crippen LogP contribution in [0.1, 0.15) is 32.9 Å². The van der Waals surface area contributed by atoms with Crippen LogP contribution in [0.2, 0.25) is 0 Å². The van der Waals surface area contributed by atoms with Crippen molar-refractivity contribution in [3.8, 4) is 0 Å². The standard InChI is InChI=1S/C22H30N8O/c1-22(2,3)18-14-17-20(23-7-9-30(17)27-18)29-8-5-16(15-29)25-21-24-6-4-19(26-21)28-10-12-31-13-11-28/h4,6-7,9,14,16H,5,8,10-13,15H2,1-3H3,(H,24,25,26). The number of nitrogens with zero attached hydrogens (tertiary/aromatic N) is 7. The molecule has 1 unspecified atom stereocenters. The van der Waals surface area contributed by atoms with E-state index in [0.29, 0.717) is 5.95 Å². The number of ether oxygens (including phenoxy) is 1. The Kier molecular flexibility index (Phi) is 5.13. The van der Waals surface area contributed by atoms with E-state index in [9.17, 15) is 0 Å². The molecule has 3 aromatic rings. The Labute approximate surface area is 182 Å². The van der Waals surface area contributed by atoms with Gasteiger partial charge >= 0.3 is 0 Å². The fourth-order valence-corrected chi connectivity index (χ4v) is 4.16. The van der Waals surface area contributed by atoms with E-state index in [2.05, 4.69) is 51.9 Å². The van der Waals surface area contributed by atoms with Crippen LogP contribution in [0.15, 0.2) is 30.7 Å². The Hall–Kier alpha value is -2.94. The fraction of sp³-hybridized carbons (Fsp3) is 0.545. The van der Waals surface area contributed by atoms with Crippen molar-refractivity contribution in [3.05, 3.63) is 36.4 Å². The zero-order chi connectivity index (χ0) is 21.4. The van der Waals surface area contributed by atoms with Crippen LogP contribution in [0.3, 0.4) is 0 Å². The highest BCUT2D eigenvalue weighted by Crippen LogP contribution is 2.28. The van der Waals surface area contributed by atoms with Gasteiger partial charge in [0.15, 0.2) is 5.82 Å². The normalized spacial score (nSPS) is 19.9. The molecule has 1 N–H and O–H groups in total. The van der Waals surface area contributed by atoms with Crippen LogP contribution in [0, 0.1) is 0 Å². The zero-order valence-corrected chi connectivity index (χ0v) is 18.5. The maximum Gasteiger partial charge on any atom is 0.224 e. The first-order valence-electron chi connectivity index (χ1n) is 11.0. The SMILES string of the molecule is CC(C)(C)c1cc2c(N3CCC(Nc4nccc(N5CCOCC5)n4)C3)nccn2n1. The van der Waals surface area contributed by atoms with Gasteiger partial charge in [0.1, 0.15) is 11.3 Å². The number of anilines is 3. The van der Waals surface area contributed by atoms with E-state index >= 15 is 0 Å². The first-order chi connectivity index (χ1) is 15.0. The summed E-state index contributed by atoms with van der Waals surface area (Å²) >= 11 is 0. The Balaban J connectivity index is 1.30. The van der Waals surface area contributed by atoms with Crippen LogP contribution in [0.25, 0.3) is 5.52 Å². The van der Waals surface area contributed by atoms with Gasteiger partial charge in [-0.25, -0.2) is 14.5 Å². The lowest BCUT2D eigenvalue weighted by Crippen LogP contribution is -2.37. The molecule has 0 saturated carbocycles. The maximum atomic E-state index is 5.45. The summed E-state index contributed by atoms with van der Waals surface area (Å²) in [6.07, 6.45) is 6.59. The molecule has 2 fully saturated rings. The molecule has 2 aliphatic rings. The number of hydrogen-bond donors (Lipinski definition) is 1. The molecule has 2 aliphatic heterocycles. The van der Waals surface area contributed by atoms with Crippen molar-refractivity contribution in [2.24, 2.45) is 0 Å². The van der Waals surface area contributed by atoms with Crippen molar-refractivity contribution in [2.75, 3.05) is 54.5 Å². The van der Waals surface area contributed by atoms with Gasteiger partial charge in [-0.05, 0) is 18.6 Å². The second-order valence-corrected chi connectivity index (χ2v) is 9.27. The van der Waals surface area contributed by atoms with Crippen LogP contribution in [-0.2, 0) is 10.2 Å². The van der Waals surface area contributed by atoms with Gasteiger partial charge in [0.2, 0.25) is 5.95 Å². The van der Waals surface area contributed by atoms with Gasteiger partial charge in [-0.15, -0.1) is 0 Å². The molecule has 0 bridgehead atoms.